The van der Waals surface area contributed by atoms with Gasteiger partial charge >= 0.3 is 0 Å². The smallest absolute Gasteiger partial charge is 0.0250 e. The standard InChI is InChI=1S/C15H30N2/c1-3-5-8-13(7-4-2)16-14-10-12-17-11-6-9-15(14)17/h13-16H,3-12H2,1-2H3. The molecule has 0 aliphatic carbocycles. The first kappa shape index (κ1) is 13.4. The highest BCUT2D eigenvalue weighted by Gasteiger charge is 2.37. The number of hydrogen-bond donors (Lipinski definition) is 1. The number of unbranched alkanes of at least 4 members (excludes halogenated alkanes) is 1. The molecule has 0 saturated carbocycles. The van der Waals surface area contributed by atoms with E-state index < -0.39 is 0 Å². The maximum Gasteiger partial charge on any atom is 0.0250 e. The molecule has 2 heterocycles. The lowest BCUT2D eigenvalue weighted by Gasteiger charge is -2.27. The first-order valence-electron chi connectivity index (χ1n) is 7.85. The van der Waals surface area contributed by atoms with Gasteiger partial charge in [0.25, 0.3) is 0 Å². The summed E-state index contributed by atoms with van der Waals surface area (Å²) in [5.74, 6) is 0. The molecule has 0 aromatic rings. The summed E-state index contributed by atoms with van der Waals surface area (Å²) in [6, 6.07) is 2.45. The Morgan fingerprint density at radius 1 is 1.12 bits per heavy atom. The third-order valence-corrected chi connectivity index (χ3v) is 4.60. The van der Waals surface area contributed by atoms with Crippen LogP contribution < -0.4 is 5.32 Å². The van der Waals surface area contributed by atoms with Crippen LogP contribution in [0.4, 0.5) is 0 Å². The van der Waals surface area contributed by atoms with E-state index in [0.29, 0.717) is 0 Å². The molecule has 2 heteroatoms. The first-order valence-corrected chi connectivity index (χ1v) is 7.85. The first-order chi connectivity index (χ1) is 8.35. The van der Waals surface area contributed by atoms with Crippen molar-refractivity contribution < 1.29 is 0 Å². The van der Waals surface area contributed by atoms with Gasteiger partial charge in [-0.05, 0) is 38.6 Å². The average molecular weight is 238 g/mol. The zero-order valence-electron chi connectivity index (χ0n) is 11.8. The topological polar surface area (TPSA) is 15.3 Å². The van der Waals surface area contributed by atoms with Crippen LogP contribution in [0.5, 0.6) is 0 Å². The van der Waals surface area contributed by atoms with Crippen LogP contribution in [-0.4, -0.2) is 36.1 Å². The number of hydrogen-bond acceptors (Lipinski definition) is 2. The highest BCUT2D eigenvalue weighted by molar-refractivity contribution is 4.96. The minimum atomic E-state index is 0.783. The lowest BCUT2D eigenvalue weighted by molar-refractivity contribution is 0.280. The molecule has 0 bridgehead atoms. The lowest BCUT2D eigenvalue weighted by Crippen LogP contribution is -2.44. The maximum atomic E-state index is 3.98. The van der Waals surface area contributed by atoms with Gasteiger partial charge in [-0.2, -0.15) is 0 Å². The molecule has 2 saturated heterocycles. The molecule has 2 aliphatic rings. The molecule has 0 radical (unpaired) electrons. The molecule has 1 N–H and O–H groups in total. The summed E-state index contributed by atoms with van der Waals surface area (Å²) in [7, 11) is 0. The van der Waals surface area contributed by atoms with Gasteiger partial charge in [0.1, 0.15) is 0 Å². The minimum Gasteiger partial charge on any atom is -0.310 e. The van der Waals surface area contributed by atoms with Crippen LogP contribution in [0.25, 0.3) is 0 Å². The molecule has 2 rings (SSSR count). The molecule has 0 spiro atoms. The van der Waals surface area contributed by atoms with E-state index in [1.807, 2.05) is 0 Å². The van der Waals surface area contributed by atoms with Gasteiger partial charge < -0.3 is 5.32 Å². The number of rotatable bonds is 7. The van der Waals surface area contributed by atoms with Crippen LogP contribution in [0.2, 0.25) is 0 Å². The monoisotopic (exact) mass is 238 g/mol. The van der Waals surface area contributed by atoms with Crippen molar-refractivity contribution in [2.75, 3.05) is 13.1 Å². The van der Waals surface area contributed by atoms with Crippen molar-refractivity contribution in [1.29, 1.82) is 0 Å². The van der Waals surface area contributed by atoms with E-state index in [2.05, 4.69) is 24.1 Å². The number of fused-ring (bicyclic) bond motifs is 1. The van der Waals surface area contributed by atoms with Crippen molar-refractivity contribution in [1.82, 2.24) is 10.2 Å². The Balaban J connectivity index is 1.80. The lowest BCUT2D eigenvalue weighted by atomic mass is 10.0. The Bertz CT molecular complexity index is 217. The van der Waals surface area contributed by atoms with E-state index in [9.17, 15) is 0 Å². The molecule has 17 heavy (non-hydrogen) atoms. The normalized spacial score (nSPS) is 30.7. The summed E-state index contributed by atoms with van der Waals surface area (Å²) in [6.07, 6.45) is 11.0. The Morgan fingerprint density at radius 2 is 2.00 bits per heavy atom. The number of nitrogens with zero attached hydrogens (tertiary/aromatic N) is 1. The summed E-state index contributed by atoms with van der Waals surface area (Å²) >= 11 is 0. The third kappa shape index (κ3) is 3.45. The molecule has 2 aliphatic heterocycles. The molecule has 3 unspecified atom stereocenters. The molecule has 2 nitrogen and oxygen atoms in total. The Labute approximate surface area is 107 Å². The van der Waals surface area contributed by atoms with Crippen molar-refractivity contribution in [3.63, 3.8) is 0 Å². The van der Waals surface area contributed by atoms with Crippen molar-refractivity contribution in [2.45, 2.75) is 83.3 Å². The van der Waals surface area contributed by atoms with Gasteiger partial charge in [-0.1, -0.05) is 33.1 Å². The van der Waals surface area contributed by atoms with Gasteiger partial charge in [0.2, 0.25) is 0 Å². The second-order valence-electron chi connectivity index (χ2n) is 5.94. The zero-order valence-corrected chi connectivity index (χ0v) is 11.8. The summed E-state index contributed by atoms with van der Waals surface area (Å²) in [4.78, 5) is 2.71. The van der Waals surface area contributed by atoms with E-state index in [0.717, 1.165) is 18.1 Å². The highest BCUT2D eigenvalue weighted by atomic mass is 15.2. The maximum absolute atomic E-state index is 3.98. The SMILES string of the molecule is CCCCC(CCC)NC1CCN2CCCC12. The van der Waals surface area contributed by atoms with Crippen molar-refractivity contribution in [3.8, 4) is 0 Å². The molecule has 0 aromatic carbocycles. The van der Waals surface area contributed by atoms with Gasteiger partial charge in [0, 0.05) is 24.7 Å². The largest absolute Gasteiger partial charge is 0.310 e. The molecular weight excluding hydrogens is 208 g/mol. The van der Waals surface area contributed by atoms with Crippen LogP contribution in [0, 0.1) is 0 Å². The second kappa shape index (κ2) is 6.75. The summed E-state index contributed by atoms with van der Waals surface area (Å²) in [5.41, 5.74) is 0. The molecule has 0 amide bonds. The Kier molecular flexibility index (Phi) is 5.30. The minimum absolute atomic E-state index is 0.783. The molecule has 100 valence electrons. The van der Waals surface area contributed by atoms with Gasteiger partial charge in [-0.3, -0.25) is 4.90 Å². The predicted octanol–water partition coefficient (Wildman–Crippen LogP) is 3.17. The van der Waals surface area contributed by atoms with Gasteiger partial charge in [0.15, 0.2) is 0 Å². The van der Waals surface area contributed by atoms with Crippen LogP contribution in [0.1, 0.15) is 65.2 Å². The van der Waals surface area contributed by atoms with Crippen molar-refractivity contribution in [2.24, 2.45) is 0 Å². The second-order valence-corrected chi connectivity index (χ2v) is 5.94. The quantitative estimate of drug-likeness (QED) is 0.733. The fourth-order valence-corrected chi connectivity index (χ4v) is 3.69. The van der Waals surface area contributed by atoms with Crippen LogP contribution in [-0.2, 0) is 0 Å². The summed E-state index contributed by atoms with van der Waals surface area (Å²) < 4.78 is 0. The summed E-state index contributed by atoms with van der Waals surface area (Å²) in [5, 5.41) is 3.98. The molecule has 3 atom stereocenters. The fraction of sp³-hybridized carbons (Fsp3) is 1.00. The fourth-order valence-electron chi connectivity index (χ4n) is 3.69. The van der Waals surface area contributed by atoms with Gasteiger partial charge in [0.05, 0.1) is 0 Å². The zero-order chi connectivity index (χ0) is 12.1. The Hall–Kier alpha value is -0.0800. The Morgan fingerprint density at radius 3 is 2.76 bits per heavy atom. The average Bonchev–Trinajstić information content (AvgIpc) is 2.91. The predicted molar refractivity (Wildman–Crippen MR) is 74.4 cm³/mol. The van der Waals surface area contributed by atoms with E-state index in [1.54, 1.807) is 0 Å². The van der Waals surface area contributed by atoms with Gasteiger partial charge in [-0.15, -0.1) is 0 Å². The van der Waals surface area contributed by atoms with Crippen molar-refractivity contribution >= 4 is 0 Å². The highest BCUT2D eigenvalue weighted by Crippen LogP contribution is 2.28. The molecular formula is C15H30N2. The third-order valence-electron chi connectivity index (χ3n) is 4.60. The van der Waals surface area contributed by atoms with Crippen LogP contribution in [0.15, 0.2) is 0 Å². The summed E-state index contributed by atoms with van der Waals surface area (Å²) in [6.45, 7) is 7.32. The van der Waals surface area contributed by atoms with Crippen molar-refractivity contribution in [3.05, 3.63) is 0 Å². The number of nitrogens with one attached hydrogen (secondary N) is 1. The van der Waals surface area contributed by atoms with Crippen LogP contribution in [0.3, 0.4) is 0 Å². The molecule has 2 fully saturated rings. The van der Waals surface area contributed by atoms with Crippen LogP contribution >= 0.6 is 0 Å². The van der Waals surface area contributed by atoms with E-state index in [1.165, 1.54) is 64.5 Å². The molecule has 0 aromatic heterocycles. The van der Waals surface area contributed by atoms with E-state index in [4.69, 9.17) is 0 Å². The van der Waals surface area contributed by atoms with E-state index >= 15 is 0 Å². The van der Waals surface area contributed by atoms with Gasteiger partial charge in [-0.25, -0.2) is 0 Å². The van der Waals surface area contributed by atoms with E-state index in [-0.39, 0.29) is 0 Å².